The van der Waals surface area contributed by atoms with E-state index in [-0.39, 0.29) is 17.7 Å². The standard InChI is InChI=1S/C20H18Cl2N6O2/c1-3-17(18-14(21)8-23-9-15(18)22)30-12-4-5-16-13(6-12)19(27-26-16)20(29)25-11-7-24-28(2)10-11/h4-10,17H,3H2,1-2H3,(H,25,29)(H,26,27). The van der Waals surface area contributed by atoms with Crippen LogP contribution in [-0.2, 0) is 7.05 Å². The largest absolute Gasteiger partial charge is 0.486 e. The highest BCUT2D eigenvalue weighted by molar-refractivity contribution is 6.35. The summed E-state index contributed by atoms with van der Waals surface area (Å²) in [5.74, 6) is 0.216. The van der Waals surface area contributed by atoms with Gasteiger partial charge in [-0.1, -0.05) is 30.1 Å². The molecule has 1 aromatic carbocycles. The molecule has 8 nitrogen and oxygen atoms in total. The number of aryl methyl sites for hydroxylation is 1. The van der Waals surface area contributed by atoms with Gasteiger partial charge in [0.25, 0.3) is 5.91 Å². The van der Waals surface area contributed by atoms with Crippen LogP contribution in [0.15, 0.2) is 43.0 Å². The zero-order chi connectivity index (χ0) is 21.3. The van der Waals surface area contributed by atoms with Crippen LogP contribution in [-0.4, -0.2) is 30.9 Å². The number of ether oxygens (including phenoxy) is 1. The quantitative estimate of drug-likeness (QED) is 0.445. The highest BCUT2D eigenvalue weighted by Crippen LogP contribution is 2.35. The van der Waals surface area contributed by atoms with E-state index in [0.29, 0.717) is 44.4 Å². The lowest BCUT2D eigenvalue weighted by molar-refractivity contribution is 0.102. The van der Waals surface area contributed by atoms with E-state index in [1.165, 1.54) is 12.4 Å². The summed E-state index contributed by atoms with van der Waals surface area (Å²) in [6.07, 6.45) is 6.61. The number of nitrogens with one attached hydrogen (secondary N) is 2. The van der Waals surface area contributed by atoms with Crippen molar-refractivity contribution in [2.45, 2.75) is 19.4 Å². The van der Waals surface area contributed by atoms with Gasteiger partial charge in [0.05, 0.1) is 27.4 Å². The van der Waals surface area contributed by atoms with Crippen molar-refractivity contribution in [3.63, 3.8) is 0 Å². The SMILES string of the molecule is CCC(Oc1ccc2[nH]nc(C(=O)Nc3cnn(C)c3)c2c1)c1c(Cl)cncc1Cl. The number of hydrogen-bond donors (Lipinski definition) is 2. The van der Waals surface area contributed by atoms with E-state index in [2.05, 4.69) is 25.6 Å². The van der Waals surface area contributed by atoms with Crippen LogP contribution in [0.25, 0.3) is 10.9 Å². The van der Waals surface area contributed by atoms with E-state index in [9.17, 15) is 4.79 Å². The molecule has 154 valence electrons. The van der Waals surface area contributed by atoms with Gasteiger partial charge in [0.2, 0.25) is 0 Å². The molecule has 0 fully saturated rings. The van der Waals surface area contributed by atoms with Gasteiger partial charge < -0.3 is 10.1 Å². The van der Waals surface area contributed by atoms with Crippen LogP contribution < -0.4 is 10.1 Å². The first-order valence-corrected chi connectivity index (χ1v) is 9.95. The van der Waals surface area contributed by atoms with Gasteiger partial charge in [-0.05, 0) is 24.6 Å². The fourth-order valence-corrected chi connectivity index (χ4v) is 3.76. The van der Waals surface area contributed by atoms with E-state index < -0.39 is 0 Å². The van der Waals surface area contributed by atoms with Crippen LogP contribution in [0, 0.1) is 0 Å². The Morgan fingerprint density at radius 1 is 1.27 bits per heavy atom. The number of halogens is 2. The second-order valence-electron chi connectivity index (χ2n) is 6.67. The molecule has 4 rings (SSSR count). The summed E-state index contributed by atoms with van der Waals surface area (Å²) in [5.41, 5.74) is 2.23. The summed E-state index contributed by atoms with van der Waals surface area (Å²) in [5, 5.41) is 15.4. The van der Waals surface area contributed by atoms with Crippen LogP contribution in [0.2, 0.25) is 10.0 Å². The van der Waals surface area contributed by atoms with Crippen molar-refractivity contribution >= 4 is 45.7 Å². The third-order valence-corrected chi connectivity index (χ3v) is 5.18. The first-order valence-electron chi connectivity index (χ1n) is 9.20. The molecule has 1 unspecified atom stereocenters. The van der Waals surface area contributed by atoms with E-state index >= 15 is 0 Å². The molecule has 0 aliphatic rings. The van der Waals surface area contributed by atoms with Crippen LogP contribution in [0.3, 0.4) is 0 Å². The fourth-order valence-electron chi connectivity index (χ4n) is 3.16. The molecule has 30 heavy (non-hydrogen) atoms. The van der Waals surface area contributed by atoms with E-state index in [0.717, 1.165) is 0 Å². The summed E-state index contributed by atoms with van der Waals surface area (Å²) in [6.45, 7) is 1.97. The monoisotopic (exact) mass is 444 g/mol. The third kappa shape index (κ3) is 3.96. The number of aromatic nitrogens is 5. The number of rotatable bonds is 6. The second-order valence-corrected chi connectivity index (χ2v) is 7.48. The minimum atomic E-state index is -0.370. The molecule has 3 heterocycles. The van der Waals surface area contributed by atoms with Gasteiger partial charge in [-0.3, -0.25) is 19.6 Å². The Bertz CT molecular complexity index is 1200. The van der Waals surface area contributed by atoms with Crippen molar-refractivity contribution in [1.29, 1.82) is 0 Å². The summed E-state index contributed by atoms with van der Waals surface area (Å²) in [7, 11) is 1.77. The lowest BCUT2D eigenvalue weighted by atomic mass is 10.1. The number of aromatic amines is 1. The number of pyridine rings is 1. The highest BCUT2D eigenvalue weighted by atomic mass is 35.5. The fraction of sp³-hybridized carbons (Fsp3) is 0.200. The van der Waals surface area contributed by atoms with Crippen LogP contribution in [0.1, 0.15) is 35.5 Å². The first kappa shape index (κ1) is 20.2. The van der Waals surface area contributed by atoms with Gasteiger partial charge in [0.15, 0.2) is 5.69 Å². The predicted molar refractivity (Wildman–Crippen MR) is 115 cm³/mol. The summed E-state index contributed by atoms with van der Waals surface area (Å²) < 4.78 is 7.76. The number of amides is 1. The second kappa shape index (κ2) is 8.33. The van der Waals surface area contributed by atoms with Crippen LogP contribution in [0.5, 0.6) is 5.75 Å². The molecular weight excluding hydrogens is 427 g/mol. The average molecular weight is 445 g/mol. The normalized spacial score (nSPS) is 12.1. The summed E-state index contributed by atoms with van der Waals surface area (Å²) in [4.78, 5) is 16.7. The minimum Gasteiger partial charge on any atom is -0.486 e. The van der Waals surface area contributed by atoms with Gasteiger partial charge in [-0.25, -0.2) is 0 Å². The number of carbonyl (C=O) groups is 1. The summed E-state index contributed by atoms with van der Waals surface area (Å²) in [6, 6.07) is 5.37. The number of hydrogen-bond acceptors (Lipinski definition) is 5. The average Bonchev–Trinajstić information content (AvgIpc) is 3.32. The van der Waals surface area contributed by atoms with Crippen molar-refractivity contribution in [1.82, 2.24) is 25.0 Å². The zero-order valence-corrected chi connectivity index (χ0v) is 17.7. The Balaban J connectivity index is 1.63. The van der Waals surface area contributed by atoms with E-state index in [1.807, 2.05) is 6.92 Å². The number of fused-ring (bicyclic) bond motifs is 1. The smallest absolute Gasteiger partial charge is 0.276 e. The molecule has 0 aliphatic carbocycles. The molecule has 3 aromatic heterocycles. The maximum atomic E-state index is 12.7. The van der Waals surface area contributed by atoms with Gasteiger partial charge in [0.1, 0.15) is 11.9 Å². The molecule has 0 saturated heterocycles. The van der Waals surface area contributed by atoms with E-state index in [1.54, 1.807) is 42.3 Å². The molecule has 1 atom stereocenters. The topological polar surface area (TPSA) is 97.7 Å². The Kier molecular flexibility index (Phi) is 5.61. The molecule has 0 spiro atoms. The molecule has 2 N–H and O–H groups in total. The number of H-pyrrole nitrogens is 1. The van der Waals surface area contributed by atoms with Crippen LogP contribution >= 0.6 is 23.2 Å². The Morgan fingerprint density at radius 3 is 2.70 bits per heavy atom. The minimum absolute atomic E-state index is 0.257. The molecule has 0 bridgehead atoms. The van der Waals surface area contributed by atoms with Gasteiger partial charge in [-0.2, -0.15) is 10.2 Å². The van der Waals surface area contributed by atoms with Crippen molar-refractivity contribution in [3.05, 3.63) is 64.3 Å². The van der Waals surface area contributed by atoms with Gasteiger partial charge in [0, 0.05) is 36.6 Å². The van der Waals surface area contributed by atoms with Crippen molar-refractivity contribution in [2.75, 3.05) is 5.32 Å². The number of nitrogens with zero attached hydrogens (tertiary/aromatic N) is 4. The van der Waals surface area contributed by atoms with Crippen molar-refractivity contribution in [2.24, 2.45) is 7.05 Å². The maximum Gasteiger partial charge on any atom is 0.276 e. The number of anilines is 1. The Hall–Kier alpha value is -3.10. The lowest BCUT2D eigenvalue weighted by Crippen LogP contribution is -2.12. The Morgan fingerprint density at radius 2 is 2.03 bits per heavy atom. The van der Waals surface area contributed by atoms with E-state index in [4.69, 9.17) is 27.9 Å². The molecule has 4 aromatic rings. The molecule has 0 saturated carbocycles. The predicted octanol–water partition coefficient (Wildman–Crippen LogP) is 4.78. The molecule has 0 radical (unpaired) electrons. The molecule has 10 heteroatoms. The molecule has 0 aliphatic heterocycles. The van der Waals surface area contributed by atoms with Gasteiger partial charge >= 0.3 is 0 Å². The van der Waals surface area contributed by atoms with Crippen molar-refractivity contribution < 1.29 is 9.53 Å². The lowest BCUT2D eigenvalue weighted by Gasteiger charge is -2.20. The molecule has 1 amide bonds. The van der Waals surface area contributed by atoms with Crippen LogP contribution in [0.4, 0.5) is 5.69 Å². The highest BCUT2D eigenvalue weighted by Gasteiger charge is 2.20. The first-order chi connectivity index (χ1) is 14.5. The maximum absolute atomic E-state index is 12.7. The third-order valence-electron chi connectivity index (χ3n) is 4.57. The zero-order valence-electron chi connectivity index (χ0n) is 16.2. The Labute approximate surface area is 182 Å². The van der Waals surface area contributed by atoms with Gasteiger partial charge in [-0.15, -0.1) is 0 Å². The number of carbonyl (C=O) groups excluding carboxylic acids is 1. The summed E-state index contributed by atoms with van der Waals surface area (Å²) >= 11 is 12.6. The van der Waals surface area contributed by atoms with Crippen molar-refractivity contribution in [3.8, 4) is 5.75 Å². The number of benzene rings is 1. The molecular formula is C20H18Cl2N6O2.